The highest BCUT2D eigenvalue weighted by atomic mass is 16.3. The van der Waals surface area contributed by atoms with Gasteiger partial charge in [0.2, 0.25) is 11.9 Å². The molecule has 0 aliphatic heterocycles. The molecule has 0 fully saturated rings. The predicted molar refractivity (Wildman–Crippen MR) is 51.0 cm³/mol. The van der Waals surface area contributed by atoms with Gasteiger partial charge in [-0.1, -0.05) is 0 Å². The first-order chi connectivity index (χ1) is 6.54. The zero-order valence-corrected chi connectivity index (χ0v) is 7.19. The van der Waals surface area contributed by atoms with Crippen LogP contribution in [0.25, 0.3) is 0 Å². The number of carbonyl (C=O) groups is 1. The van der Waals surface area contributed by atoms with Crippen molar-refractivity contribution in [3.05, 3.63) is 0 Å². The third-order valence-corrected chi connectivity index (χ3v) is 1.39. The molecule has 8 nitrogen and oxygen atoms in total. The number of nitrogens with two attached hydrogens (primary N) is 3. The van der Waals surface area contributed by atoms with E-state index in [1.54, 1.807) is 0 Å². The normalized spacial score (nSPS) is 9.79. The Morgan fingerprint density at radius 2 is 1.79 bits per heavy atom. The van der Waals surface area contributed by atoms with Crippen molar-refractivity contribution in [3.63, 3.8) is 0 Å². The molecule has 1 amide bonds. The van der Waals surface area contributed by atoms with Gasteiger partial charge in [-0.05, 0) is 0 Å². The molecule has 1 rings (SSSR count). The standard InChI is InChI=1S/C6H10N6O2/c7-4-3(10-2(14)1-13)5(8)12-6(9)11-4/h13H,1H2,(H,10,14)(H6,7,8,9,11,12). The van der Waals surface area contributed by atoms with Gasteiger partial charge in [-0.3, -0.25) is 4.79 Å². The van der Waals surface area contributed by atoms with Gasteiger partial charge >= 0.3 is 0 Å². The summed E-state index contributed by atoms with van der Waals surface area (Å²) in [5.41, 5.74) is 16.1. The number of rotatable bonds is 2. The molecule has 0 bridgehead atoms. The quantitative estimate of drug-likeness (QED) is 0.374. The topological polar surface area (TPSA) is 153 Å². The zero-order valence-electron chi connectivity index (χ0n) is 7.19. The van der Waals surface area contributed by atoms with E-state index in [0.29, 0.717) is 0 Å². The summed E-state index contributed by atoms with van der Waals surface area (Å²) in [4.78, 5) is 18.0. The minimum absolute atomic E-state index is 0.0446. The fourth-order valence-electron chi connectivity index (χ4n) is 0.822. The summed E-state index contributed by atoms with van der Waals surface area (Å²) in [5.74, 6) is -0.827. The number of hydrogen-bond acceptors (Lipinski definition) is 7. The lowest BCUT2D eigenvalue weighted by Crippen LogP contribution is -2.19. The van der Waals surface area contributed by atoms with Crippen molar-refractivity contribution in [2.75, 3.05) is 29.1 Å². The number of nitrogen functional groups attached to an aromatic ring is 3. The Kier molecular flexibility index (Phi) is 2.67. The summed E-state index contributed by atoms with van der Waals surface area (Å²) in [6.07, 6.45) is 0. The summed E-state index contributed by atoms with van der Waals surface area (Å²) < 4.78 is 0. The Labute approximate surface area is 79.1 Å². The molecular formula is C6H10N6O2. The van der Waals surface area contributed by atoms with E-state index in [2.05, 4.69) is 15.3 Å². The van der Waals surface area contributed by atoms with Crippen LogP contribution in [0.5, 0.6) is 0 Å². The molecule has 0 radical (unpaired) electrons. The minimum atomic E-state index is -0.677. The number of aliphatic hydroxyl groups excluding tert-OH is 1. The van der Waals surface area contributed by atoms with Gasteiger partial charge in [-0.15, -0.1) is 0 Å². The molecule has 0 unspecified atom stereocenters. The van der Waals surface area contributed by atoms with E-state index in [0.717, 1.165) is 0 Å². The SMILES string of the molecule is Nc1nc(N)c(NC(=O)CO)c(N)n1. The van der Waals surface area contributed by atoms with Crippen molar-refractivity contribution < 1.29 is 9.90 Å². The number of nitrogens with one attached hydrogen (secondary N) is 1. The highest BCUT2D eigenvalue weighted by molar-refractivity contribution is 5.97. The lowest BCUT2D eigenvalue weighted by atomic mass is 10.4. The van der Waals surface area contributed by atoms with Crippen LogP contribution < -0.4 is 22.5 Å². The molecule has 0 aliphatic rings. The molecule has 1 aromatic rings. The number of carbonyl (C=O) groups excluding carboxylic acids is 1. The number of anilines is 4. The molecule has 14 heavy (non-hydrogen) atoms. The summed E-state index contributed by atoms with van der Waals surface area (Å²) >= 11 is 0. The summed E-state index contributed by atoms with van der Waals surface area (Å²) in [6, 6.07) is 0. The Hall–Kier alpha value is -2.09. The largest absolute Gasteiger partial charge is 0.387 e. The second-order valence-corrected chi connectivity index (χ2v) is 2.43. The lowest BCUT2D eigenvalue weighted by molar-refractivity contribution is -0.118. The van der Waals surface area contributed by atoms with Crippen molar-refractivity contribution in [1.29, 1.82) is 0 Å². The molecule has 0 atom stereocenters. The van der Waals surface area contributed by atoms with Gasteiger partial charge in [0, 0.05) is 0 Å². The van der Waals surface area contributed by atoms with E-state index in [4.69, 9.17) is 22.3 Å². The number of amides is 1. The van der Waals surface area contributed by atoms with E-state index in [-0.39, 0.29) is 23.3 Å². The van der Waals surface area contributed by atoms with Crippen molar-refractivity contribution in [2.24, 2.45) is 0 Å². The maximum Gasteiger partial charge on any atom is 0.250 e. The van der Waals surface area contributed by atoms with Crippen molar-refractivity contribution in [3.8, 4) is 0 Å². The van der Waals surface area contributed by atoms with Crippen molar-refractivity contribution in [2.45, 2.75) is 0 Å². The van der Waals surface area contributed by atoms with Crippen LogP contribution in [0.2, 0.25) is 0 Å². The van der Waals surface area contributed by atoms with Gasteiger partial charge in [0.05, 0.1) is 0 Å². The number of aromatic nitrogens is 2. The van der Waals surface area contributed by atoms with Gasteiger partial charge in [-0.25, -0.2) is 0 Å². The van der Waals surface area contributed by atoms with Crippen LogP contribution in [-0.2, 0) is 4.79 Å². The maximum absolute atomic E-state index is 10.8. The molecule has 0 aromatic carbocycles. The second kappa shape index (κ2) is 3.75. The van der Waals surface area contributed by atoms with Crippen LogP contribution in [0.4, 0.5) is 23.3 Å². The van der Waals surface area contributed by atoms with Crippen molar-refractivity contribution in [1.82, 2.24) is 9.97 Å². The van der Waals surface area contributed by atoms with Crippen LogP contribution >= 0.6 is 0 Å². The average Bonchev–Trinajstić information content (AvgIpc) is 2.10. The highest BCUT2D eigenvalue weighted by Crippen LogP contribution is 2.22. The first-order valence-corrected chi connectivity index (χ1v) is 3.63. The van der Waals surface area contributed by atoms with Gasteiger partial charge in [0.25, 0.3) is 0 Å². The number of nitrogens with zero attached hydrogens (tertiary/aromatic N) is 2. The Morgan fingerprint density at radius 3 is 2.21 bits per heavy atom. The van der Waals surface area contributed by atoms with Gasteiger partial charge in [0.15, 0.2) is 11.6 Å². The molecule has 1 aromatic heterocycles. The third-order valence-electron chi connectivity index (χ3n) is 1.39. The van der Waals surface area contributed by atoms with Crippen LogP contribution in [-0.4, -0.2) is 27.6 Å². The lowest BCUT2D eigenvalue weighted by Gasteiger charge is -2.08. The summed E-state index contributed by atoms with van der Waals surface area (Å²) in [6.45, 7) is -0.677. The van der Waals surface area contributed by atoms with E-state index >= 15 is 0 Å². The summed E-state index contributed by atoms with van der Waals surface area (Å²) in [7, 11) is 0. The monoisotopic (exact) mass is 198 g/mol. The Bertz CT molecular complexity index is 342. The van der Waals surface area contributed by atoms with E-state index < -0.39 is 12.5 Å². The summed E-state index contributed by atoms with van der Waals surface area (Å²) in [5, 5.41) is 10.7. The van der Waals surface area contributed by atoms with Crippen molar-refractivity contribution >= 4 is 29.2 Å². The molecule has 0 aliphatic carbocycles. The molecule has 0 spiro atoms. The first kappa shape index (κ1) is 9.99. The van der Waals surface area contributed by atoms with E-state index in [1.807, 2.05) is 0 Å². The fourth-order valence-corrected chi connectivity index (χ4v) is 0.822. The van der Waals surface area contributed by atoms with Gasteiger partial charge in [-0.2, -0.15) is 9.97 Å². The second-order valence-electron chi connectivity index (χ2n) is 2.43. The smallest absolute Gasteiger partial charge is 0.250 e. The molecule has 8 heteroatoms. The molecule has 76 valence electrons. The van der Waals surface area contributed by atoms with E-state index in [1.165, 1.54) is 0 Å². The van der Waals surface area contributed by atoms with Crippen LogP contribution in [0.3, 0.4) is 0 Å². The number of aliphatic hydroxyl groups is 1. The van der Waals surface area contributed by atoms with Crippen LogP contribution in [0, 0.1) is 0 Å². The third kappa shape index (κ3) is 1.98. The van der Waals surface area contributed by atoms with Gasteiger partial charge < -0.3 is 27.6 Å². The van der Waals surface area contributed by atoms with Crippen LogP contribution in [0.1, 0.15) is 0 Å². The fraction of sp³-hybridized carbons (Fsp3) is 0.167. The number of hydrogen-bond donors (Lipinski definition) is 5. The van der Waals surface area contributed by atoms with Crippen LogP contribution in [0.15, 0.2) is 0 Å². The molecule has 8 N–H and O–H groups in total. The van der Waals surface area contributed by atoms with E-state index in [9.17, 15) is 4.79 Å². The molecule has 1 heterocycles. The zero-order chi connectivity index (χ0) is 10.7. The first-order valence-electron chi connectivity index (χ1n) is 3.63. The minimum Gasteiger partial charge on any atom is -0.387 e. The highest BCUT2D eigenvalue weighted by Gasteiger charge is 2.10. The Morgan fingerprint density at radius 1 is 1.29 bits per heavy atom. The predicted octanol–water partition coefficient (Wildman–Crippen LogP) is -1.85. The molecule has 0 saturated carbocycles. The van der Waals surface area contributed by atoms with Gasteiger partial charge in [0.1, 0.15) is 12.3 Å². The Balaban J connectivity index is 3.02. The molecular weight excluding hydrogens is 188 g/mol. The molecule has 0 saturated heterocycles. The average molecular weight is 198 g/mol. The maximum atomic E-state index is 10.8.